The quantitative estimate of drug-likeness (QED) is 0.870. The second-order valence-electron chi connectivity index (χ2n) is 3.46. The van der Waals surface area contributed by atoms with Crippen LogP contribution in [0.3, 0.4) is 0 Å². The highest BCUT2D eigenvalue weighted by Gasteiger charge is 2.16. The largest absolute Gasteiger partial charge is 0.281 e. The molecule has 0 atom stereocenters. The van der Waals surface area contributed by atoms with Crippen molar-refractivity contribution in [2.75, 3.05) is 4.72 Å². The zero-order valence-corrected chi connectivity index (χ0v) is 11.2. The molecule has 84 valence electrons. The van der Waals surface area contributed by atoms with Crippen LogP contribution in [-0.2, 0) is 10.0 Å². The van der Waals surface area contributed by atoms with Crippen molar-refractivity contribution in [1.29, 1.82) is 0 Å². The number of halogens is 1. The molecule has 1 aromatic heterocycles. The van der Waals surface area contributed by atoms with E-state index in [9.17, 15) is 8.42 Å². The lowest BCUT2D eigenvalue weighted by molar-refractivity contribution is 0.592. The van der Waals surface area contributed by atoms with Crippen molar-refractivity contribution in [1.82, 2.24) is 4.98 Å². The van der Waals surface area contributed by atoms with E-state index in [0.29, 0.717) is 16.0 Å². The average Bonchev–Trinajstić information content (AvgIpc) is 2.09. The van der Waals surface area contributed by atoms with Gasteiger partial charge in [-0.05, 0) is 48.8 Å². The minimum atomic E-state index is -3.29. The molecule has 0 aliphatic rings. The third-order valence-electron chi connectivity index (χ3n) is 1.92. The van der Waals surface area contributed by atoms with Gasteiger partial charge in [0.1, 0.15) is 4.60 Å². The molecule has 1 N–H and O–H groups in total. The lowest BCUT2D eigenvalue weighted by Crippen LogP contribution is -2.23. The Labute approximate surface area is 98.3 Å². The zero-order chi connectivity index (χ0) is 11.6. The van der Waals surface area contributed by atoms with Crippen molar-refractivity contribution in [3.05, 3.63) is 22.4 Å². The smallest absolute Gasteiger partial charge is 0.235 e. The summed E-state index contributed by atoms with van der Waals surface area (Å²) in [7, 11) is -3.29. The van der Waals surface area contributed by atoms with E-state index < -0.39 is 15.3 Å². The van der Waals surface area contributed by atoms with E-state index >= 15 is 0 Å². The standard InChI is InChI=1S/C9H13BrN2O2S/c1-6(2)15(13,14)12-8-4-5-9(10)11-7(8)3/h4-6,12H,1-3H3. The minimum absolute atomic E-state index is 0.458. The van der Waals surface area contributed by atoms with Crippen molar-refractivity contribution in [2.24, 2.45) is 0 Å². The molecule has 15 heavy (non-hydrogen) atoms. The van der Waals surface area contributed by atoms with Crippen LogP contribution in [0.15, 0.2) is 16.7 Å². The summed E-state index contributed by atoms with van der Waals surface area (Å²) in [6.07, 6.45) is 0. The first-order chi connectivity index (χ1) is 6.83. The van der Waals surface area contributed by atoms with Crippen molar-refractivity contribution >= 4 is 31.6 Å². The predicted molar refractivity (Wildman–Crippen MR) is 64.4 cm³/mol. The molecule has 4 nitrogen and oxygen atoms in total. The predicted octanol–water partition coefficient (Wildman–Crippen LogP) is 2.30. The van der Waals surface area contributed by atoms with Crippen molar-refractivity contribution in [3.8, 4) is 0 Å². The van der Waals surface area contributed by atoms with Gasteiger partial charge < -0.3 is 0 Å². The summed E-state index contributed by atoms with van der Waals surface area (Å²) in [5, 5.41) is -0.458. The third-order valence-corrected chi connectivity index (χ3v) is 4.11. The molecule has 0 spiro atoms. The van der Waals surface area contributed by atoms with E-state index in [0.717, 1.165) is 0 Å². The molecule has 0 unspecified atom stereocenters. The topological polar surface area (TPSA) is 59.1 Å². The minimum Gasteiger partial charge on any atom is -0.281 e. The van der Waals surface area contributed by atoms with Crippen LogP contribution in [-0.4, -0.2) is 18.7 Å². The second kappa shape index (κ2) is 4.49. The van der Waals surface area contributed by atoms with E-state index in [2.05, 4.69) is 25.6 Å². The molecule has 0 saturated heterocycles. The van der Waals surface area contributed by atoms with Gasteiger partial charge in [-0.1, -0.05) is 0 Å². The molecule has 0 fully saturated rings. The highest BCUT2D eigenvalue weighted by atomic mass is 79.9. The van der Waals surface area contributed by atoms with Gasteiger partial charge in [-0.2, -0.15) is 0 Å². The van der Waals surface area contributed by atoms with Gasteiger partial charge in [-0.25, -0.2) is 13.4 Å². The van der Waals surface area contributed by atoms with Gasteiger partial charge in [0, 0.05) is 0 Å². The first kappa shape index (κ1) is 12.4. The maximum atomic E-state index is 11.6. The average molecular weight is 293 g/mol. The van der Waals surface area contributed by atoms with E-state index in [4.69, 9.17) is 0 Å². The van der Waals surface area contributed by atoms with Crippen LogP contribution in [0.2, 0.25) is 0 Å². The van der Waals surface area contributed by atoms with Crippen LogP contribution in [0, 0.1) is 6.92 Å². The van der Waals surface area contributed by atoms with Crippen LogP contribution >= 0.6 is 15.9 Å². The van der Waals surface area contributed by atoms with E-state index in [-0.39, 0.29) is 0 Å². The number of aromatic nitrogens is 1. The van der Waals surface area contributed by atoms with Crippen molar-refractivity contribution in [3.63, 3.8) is 0 Å². The highest BCUT2D eigenvalue weighted by Crippen LogP contribution is 2.18. The number of aryl methyl sites for hydroxylation is 1. The van der Waals surface area contributed by atoms with Gasteiger partial charge in [-0.15, -0.1) is 0 Å². The van der Waals surface area contributed by atoms with E-state index in [1.807, 2.05) is 0 Å². The zero-order valence-electron chi connectivity index (χ0n) is 8.78. The number of nitrogens with one attached hydrogen (secondary N) is 1. The van der Waals surface area contributed by atoms with Crippen molar-refractivity contribution < 1.29 is 8.42 Å². The lowest BCUT2D eigenvalue weighted by Gasteiger charge is -2.12. The van der Waals surface area contributed by atoms with Crippen LogP contribution in [0.4, 0.5) is 5.69 Å². The number of rotatable bonds is 3. The van der Waals surface area contributed by atoms with Crippen LogP contribution in [0.25, 0.3) is 0 Å². The molecule has 0 aromatic carbocycles. The van der Waals surface area contributed by atoms with Gasteiger partial charge in [-0.3, -0.25) is 4.72 Å². The van der Waals surface area contributed by atoms with Crippen LogP contribution in [0.1, 0.15) is 19.5 Å². The molecule has 1 aromatic rings. The molecule has 0 radical (unpaired) electrons. The van der Waals surface area contributed by atoms with Gasteiger partial charge in [0.2, 0.25) is 10.0 Å². The van der Waals surface area contributed by atoms with Gasteiger partial charge in [0.15, 0.2) is 0 Å². The normalized spacial score (nSPS) is 11.8. The van der Waals surface area contributed by atoms with Crippen LogP contribution < -0.4 is 4.72 Å². The monoisotopic (exact) mass is 292 g/mol. The summed E-state index contributed by atoms with van der Waals surface area (Å²) in [5.41, 5.74) is 1.17. The fraction of sp³-hybridized carbons (Fsp3) is 0.444. The molecular weight excluding hydrogens is 280 g/mol. The maximum absolute atomic E-state index is 11.6. The number of hydrogen-bond donors (Lipinski definition) is 1. The summed E-state index contributed by atoms with van der Waals surface area (Å²) in [6.45, 7) is 5.01. The Morgan fingerprint density at radius 1 is 1.40 bits per heavy atom. The Bertz CT molecular complexity index is 457. The Hall–Kier alpha value is -0.620. The Morgan fingerprint density at radius 3 is 2.47 bits per heavy atom. The fourth-order valence-corrected chi connectivity index (χ4v) is 2.07. The van der Waals surface area contributed by atoms with Crippen molar-refractivity contribution in [2.45, 2.75) is 26.0 Å². The Balaban J connectivity index is 3.01. The Kier molecular flexibility index (Phi) is 3.72. The highest BCUT2D eigenvalue weighted by molar-refractivity contribution is 9.10. The molecule has 1 rings (SSSR count). The molecule has 6 heteroatoms. The number of pyridine rings is 1. The molecule has 0 saturated carbocycles. The molecule has 0 aliphatic heterocycles. The molecule has 0 aliphatic carbocycles. The molecule has 0 bridgehead atoms. The summed E-state index contributed by atoms with van der Waals surface area (Å²) in [4.78, 5) is 4.11. The summed E-state index contributed by atoms with van der Waals surface area (Å²) >= 11 is 3.22. The van der Waals surface area contributed by atoms with Gasteiger partial charge >= 0.3 is 0 Å². The third kappa shape index (κ3) is 3.17. The van der Waals surface area contributed by atoms with Gasteiger partial charge in [0.25, 0.3) is 0 Å². The molecule has 1 heterocycles. The number of nitrogens with zero attached hydrogens (tertiary/aromatic N) is 1. The number of sulfonamides is 1. The van der Waals surface area contributed by atoms with E-state index in [1.54, 1.807) is 32.9 Å². The second-order valence-corrected chi connectivity index (χ2v) is 6.51. The fourth-order valence-electron chi connectivity index (χ4n) is 0.909. The first-order valence-electron chi connectivity index (χ1n) is 4.47. The first-order valence-corrected chi connectivity index (χ1v) is 6.81. The lowest BCUT2D eigenvalue weighted by atomic mass is 10.3. The number of anilines is 1. The molecule has 0 amide bonds. The van der Waals surface area contributed by atoms with Crippen LogP contribution in [0.5, 0.6) is 0 Å². The van der Waals surface area contributed by atoms with Gasteiger partial charge in [0.05, 0.1) is 16.6 Å². The summed E-state index contributed by atoms with van der Waals surface area (Å²) < 4.78 is 26.4. The van der Waals surface area contributed by atoms with E-state index in [1.165, 1.54) is 0 Å². The summed E-state index contributed by atoms with van der Waals surface area (Å²) in [6, 6.07) is 3.39. The maximum Gasteiger partial charge on any atom is 0.235 e. The SMILES string of the molecule is Cc1nc(Br)ccc1NS(=O)(=O)C(C)C. The molecular formula is C9H13BrN2O2S. The Morgan fingerprint density at radius 2 is 2.00 bits per heavy atom. The number of hydrogen-bond acceptors (Lipinski definition) is 3. The summed E-state index contributed by atoms with van der Waals surface area (Å²) in [5.74, 6) is 0.